The first kappa shape index (κ1) is 16.5. The van der Waals surface area contributed by atoms with Gasteiger partial charge in [-0.05, 0) is 44.0 Å². The molecule has 0 saturated carbocycles. The van der Waals surface area contributed by atoms with Crippen LogP contribution in [0.3, 0.4) is 0 Å². The van der Waals surface area contributed by atoms with Gasteiger partial charge in [0.15, 0.2) is 0 Å². The van der Waals surface area contributed by atoms with Gasteiger partial charge in [-0.2, -0.15) is 5.10 Å². The van der Waals surface area contributed by atoms with E-state index in [1.165, 1.54) is 4.90 Å². The maximum absolute atomic E-state index is 12.5. The molecule has 0 N–H and O–H groups in total. The average Bonchev–Trinajstić information content (AvgIpc) is 3.26. The van der Waals surface area contributed by atoms with Gasteiger partial charge in [-0.25, -0.2) is 0 Å². The lowest BCUT2D eigenvalue weighted by Crippen LogP contribution is -2.39. The molecule has 24 heavy (non-hydrogen) atoms. The van der Waals surface area contributed by atoms with Crippen molar-refractivity contribution in [1.82, 2.24) is 9.80 Å². The van der Waals surface area contributed by atoms with Gasteiger partial charge in [0.05, 0.1) is 12.2 Å². The average molecular weight is 328 g/mol. The maximum atomic E-state index is 12.5. The van der Waals surface area contributed by atoms with E-state index in [4.69, 9.17) is 0 Å². The summed E-state index contributed by atoms with van der Waals surface area (Å²) in [5.74, 6) is -0.1000. The van der Waals surface area contributed by atoms with Crippen molar-refractivity contribution in [3.05, 3.63) is 29.8 Å². The van der Waals surface area contributed by atoms with Crippen molar-refractivity contribution in [2.45, 2.75) is 26.2 Å². The molecule has 0 aliphatic carbocycles. The van der Waals surface area contributed by atoms with Crippen LogP contribution in [0.4, 0.5) is 5.69 Å². The fourth-order valence-corrected chi connectivity index (χ4v) is 3.10. The highest BCUT2D eigenvalue weighted by Crippen LogP contribution is 2.20. The SMILES string of the molecule is CC1=NN(c2ccc(C(=O)N(C)CC(=O)N3CCCC3)cc2)CC1. The molecule has 128 valence electrons. The van der Waals surface area contributed by atoms with E-state index in [1.807, 2.05) is 29.0 Å². The van der Waals surface area contributed by atoms with Crippen LogP contribution in [0.5, 0.6) is 0 Å². The number of carbonyl (C=O) groups is 2. The van der Waals surface area contributed by atoms with Crippen molar-refractivity contribution in [3.63, 3.8) is 0 Å². The molecule has 0 aromatic heterocycles. The van der Waals surface area contributed by atoms with Crippen LogP contribution in [0.2, 0.25) is 0 Å². The van der Waals surface area contributed by atoms with E-state index < -0.39 is 0 Å². The summed E-state index contributed by atoms with van der Waals surface area (Å²) >= 11 is 0. The van der Waals surface area contributed by atoms with Crippen molar-refractivity contribution in [2.75, 3.05) is 38.2 Å². The molecule has 2 aliphatic heterocycles. The normalized spacial score (nSPS) is 17.2. The molecule has 0 unspecified atom stereocenters. The van der Waals surface area contributed by atoms with Gasteiger partial charge in [-0.1, -0.05) is 0 Å². The third-order valence-electron chi connectivity index (χ3n) is 4.57. The van der Waals surface area contributed by atoms with Crippen molar-refractivity contribution in [2.24, 2.45) is 5.10 Å². The van der Waals surface area contributed by atoms with E-state index in [1.54, 1.807) is 19.2 Å². The number of hydrogen-bond donors (Lipinski definition) is 0. The summed E-state index contributed by atoms with van der Waals surface area (Å²) in [6, 6.07) is 7.42. The molecule has 2 aliphatic rings. The molecular formula is C18H24N4O2. The fourth-order valence-electron chi connectivity index (χ4n) is 3.10. The van der Waals surface area contributed by atoms with Crippen LogP contribution in [-0.4, -0.2) is 60.6 Å². The zero-order chi connectivity index (χ0) is 17.1. The molecule has 0 radical (unpaired) electrons. The van der Waals surface area contributed by atoms with Gasteiger partial charge in [-0.3, -0.25) is 14.6 Å². The third-order valence-corrected chi connectivity index (χ3v) is 4.57. The Kier molecular flexibility index (Phi) is 4.83. The number of likely N-dealkylation sites (N-methyl/N-ethyl adjacent to an activating group) is 1. The number of hydrogen-bond acceptors (Lipinski definition) is 4. The second kappa shape index (κ2) is 7.03. The molecule has 0 bridgehead atoms. The quantitative estimate of drug-likeness (QED) is 0.849. The molecule has 1 aromatic rings. The molecule has 1 saturated heterocycles. The smallest absolute Gasteiger partial charge is 0.254 e. The van der Waals surface area contributed by atoms with Gasteiger partial charge in [0.1, 0.15) is 0 Å². The third kappa shape index (κ3) is 3.58. The van der Waals surface area contributed by atoms with Crippen LogP contribution < -0.4 is 5.01 Å². The van der Waals surface area contributed by atoms with Crippen LogP contribution >= 0.6 is 0 Å². The predicted molar refractivity (Wildman–Crippen MR) is 94.3 cm³/mol. The Morgan fingerprint density at radius 3 is 2.38 bits per heavy atom. The van der Waals surface area contributed by atoms with Crippen LogP contribution in [0.25, 0.3) is 0 Å². The summed E-state index contributed by atoms with van der Waals surface area (Å²) in [7, 11) is 1.68. The number of benzene rings is 1. The zero-order valence-corrected chi connectivity index (χ0v) is 14.4. The van der Waals surface area contributed by atoms with Gasteiger partial charge >= 0.3 is 0 Å². The van der Waals surface area contributed by atoms with Gasteiger partial charge in [0.25, 0.3) is 5.91 Å². The van der Waals surface area contributed by atoms with Gasteiger partial charge in [0, 0.05) is 44.4 Å². The Hall–Kier alpha value is -2.37. The Balaban J connectivity index is 1.60. The Labute approximate surface area is 142 Å². The molecular weight excluding hydrogens is 304 g/mol. The number of anilines is 1. The lowest BCUT2D eigenvalue weighted by Gasteiger charge is -2.21. The minimum absolute atomic E-state index is 0.0295. The summed E-state index contributed by atoms with van der Waals surface area (Å²) in [6.07, 6.45) is 3.09. The van der Waals surface area contributed by atoms with Crippen molar-refractivity contribution in [1.29, 1.82) is 0 Å². The standard InChI is InChI=1S/C18H24N4O2/c1-14-9-12-22(19-14)16-7-5-15(6-8-16)18(24)20(2)13-17(23)21-10-3-4-11-21/h5-8H,3-4,9-13H2,1-2H3. The van der Waals surface area contributed by atoms with Crippen LogP contribution in [0, 0.1) is 0 Å². The first-order chi connectivity index (χ1) is 11.5. The molecule has 2 amide bonds. The van der Waals surface area contributed by atoms with Gasteiger partial charge < -0.3 is 9.80 Å². The minimum atomic E-state index is -0.129. The van der Waals surface area contributed by atoms with E-state index in [0.717, 1.165) is 50.3 Å². The molecule has 6 nitrogen and oxygen atoms in total. The Morgan fingerprint density at radius 2 is 1.79 bits per heavy atom. The van der Waals surface area contributed by atoms with Gasteiger partial charge in [0.2, 0.25) is 5.91 Å². The molecule has 6 heteroatoms. The van der Waals surface area contributed by atoms with E-state index in [-0.39, 0.29) is 18.4 Å². The van der Waals surface area contributed by atoms with Crippen LogP contribution in [-0.2, 0) is 4.79 Å². The molecule has 0 atom stereocenters. The van der Waals surface area contributed by atoms with Crippen molar-refractivity contribution >= 4 is 23.2 Å². The van der Waals surface area contributed by atoms with E-state index in [0.29, 0.717) is 5.56 Å². The second-order valence-corrected chi connectivity index (χ2v) is 6.50. The number of hydrazone groups is 1. The molecule has 3 rings (SSSR count). The van der Waals surface area contributed by atoms with Crippen LogP contribution in [0.1, 0.15) is 36.5 Å². The topological polar surface area (TPSA) is 56.2 Å². The largest absolute Gasteiger partial charge is 0.341 e. The minimum Gasteiger partial charge on any atom is -0.341 e. The highest BCUT2D eigenvalue weighted by atomic mass is 16.2. The van der Waals surface area contributed by atoms with E-state index >= 15 is 0 Å². The summed E-state index contributed by atoms with van der Waals surface area (Å²) in [5.41, 5.74) is 2.70. The first-order valence-corrected chi connectivity index (χ1v) is 8.49. The van der Waals surface area contributed by atoms with Crippen LogP contribution in [0.15, 0.2) is 29.4 Å². The predicted octanol–water partition coefficient (Wildman–Crippen LogP) is 1.97. The van der Waals surface area contributed by atoms with Gasteiger partial charge in [-0.15, -0.1) is 0 Å². The highest BCUT2D eigenvalue weighted by molar-refractivity contribution is 5.96. The Morgan fingerprint density at radius 1 is 1.12 bits per heavy atom. The summed E-state index contributed by atoms with van der Waals surface area (Å²) in [4.78, 5) is 28.0. The number of rotatable bonds is 4. The number of amides is 2. The molecule has 1 fully saturated rings. The highest BCUT2D eigenvalue weighted by Gasteiger charge is 2.22. The maximum Gasteiger partial charge on any atom is 0.254 e. The molecule has 1 aromatic carbocycles. The summed E-state index contributed by atoms with van der Waals surface area (Å²) in [5, 5.41) is 6.40. The second-order valence-electron chi connectivity index (χ2n) is 6.50. The number of carbonyl (C=O) groups excluding carboxylic acids is 2. The van der Waals surface area contributed by atoms with Crippen molar-refractivity contribution < 1.29 is 9.59 Å². The number of likely N-dealkylation sites (tertiary alicyclic amines) is 1. The Bertz CT molecular complexity index is 647. The fraction of sp³-hybridized carbons (Fsp3) is 0.500. The summed E-state index contributed by atoms with van der Waals surface area (Å²) in [6.45, 7) is 4.65. The first-order valence-electron chi connectivity index (χ1n) is 8.49. The zero-order valence-electron chi connectivity index (χ0n) is 14.4. The van der Waals surface area contributed by atoms with Crippen molar-refractivity contribution in [3.8, 4) is 0 Å². The number of nitrogens with zero attached hydrogens (tertiary/aromatic N) is 4. The molecule has 2 heterocycles. The lowest BCUT2D eigenvalue weighted by atomic mass is 10.1. The molecule has 0 spiro atoms. The lowest BCUT2D eigenvalue weighted by molar-refractivity contribution is -0.130. The summed E-state index contributed by atoms with van der Waals surface area (Å²) < 4.78 is 0. The van der Waals surface area contributed by atoms with E-state index in [9.17, 15) is 9.59 Å². The monoisotopic (exact) mass is 328 g/mol. The van der Waals surface area contributed by atoms with E-state index in [2.05, 4.69) is 5.10 Å².